The monoisotopic (exact) mass is 369 g/mol. The van der Waals surface area contributed by atoms with E-state index in [1.54, 1.807) is 44.2 Å². The summed E-state index contributed by atoms with van der Waals surface area (Å²) in [5, 5.41) is 8.56. The van der Waals surface area contributed by atoms with E-state index in [1.807, 2.05) is 6.07 Å². The molecule has 2 N–H and O–H groups in total. The number of amides is 2. The smallest absolute Gasteiger partial charge is 0.273 e. The molecule has 1 heterocycles. The lowest BCUT2D eigenvalue weighted by Crippen LogP contribution is -2.40. The van der Waals surface area contributed by atoms with Crippen molar-refractivity contribution < 1.29 is 23.5 Å². The molecule has 0 saturated carbocycles. The van der Waals surface area contributed by atoms with Crippen LogP contribution in [0.5, 0.6) is 11.5 Å². The van der Waals surface area contributed by atoms with Crippen LogP contribution in [0.1, 0.15) is 27.4 Å². The first-order valence-corrected chi connectivity index (χ1v) is 7.97. The number of nitrogens with zero attached hydrogens (tertiary/aromatic N) is 1. The highest BCUT2D eigenvalue weighted by atomic mass is 16.5. The summed E-state index contributed by atoms with van der Waals surface area (Å²) in [7, 11) is 1.48. The lowest BCUT2D eigenvalue weighted by atomic mass is 10.2. The molecule has 2 aromatic rings. The molecule has 1 aromatic carbocycles. The molecule has 0 atom stereocenters. The number of hydrazine groups is 1. The summed E-state index contributed by atoms with van der Waals surface area (Å²) in [6.07, 6.45) is 2.81. The number of hydrogen-bond donors (Lipinski definition) is 2. The number of aryl methyl sites for hydroxylation is 2. The van der Waals surface area contributed by atoms with E-state index in [0.29, 0.717) is 34.1 Å². The number of carbonyl (C=O) groups is 2. The predicted molar refractivity (Wildman–Crippen MR) is 96.9 cm³/mol. The fourth-order valence-corrected chi connectivity index (χ4v) is 2.27. The molecule has 0 aliphatic carbocycles. The van der Waals surface area contributed by atoms with Gasteiger partial charge in [-0.25, -0.2) is 0 Å². The second-order valence-corrected chi connectivity index (χ2v) is 5.46. The molecule has 0 unspecified atom stereocenters. The first kappa shape index (κ1) is 19.6. The standard InChI is InChI=1S/C19H19N3O5/c1-12-10-15(13(2)27-12)19(24)22-21-18(23)7-5-14-4-6-16(26-9-8-20)17(11-14)25-3/h4-7,10-11H,9H2,1-3H3,(H,21,23)(H,22,24)/b7-5+. The summed E-state index contributed by atoms with van der Waals surface area (Å²) in [6, 6.07) is 8.47. The van der Waals surface area contributed by atoms with Gasteiger partial charge in [-0.1, -0.05) is 6.07 Å². The highest BCUT2D eigenvalue weighted by Gasteiger charge is 2.13. The molecular weight excluding hydrogens is 350 g/mol. The molecule has 2 amide bonds. The average molecular weight is 369 g/mol. The van der Waals surface area contributed by atoms with Crippen molar-refractivity contribution in [2.24, 2.45) is 0 Å². The van der Waals surface area contributed by atoms with Crippen molar-refractivity contribution in [2.75, 3.05) is 13.7 Å². The number of nitriles is 1. The second kappa shape index (κ2) is 9.10. The van der Waals surface area contributed by atoms with Gasteiger partial charge in [0.2, 0.25) is 0 Å². The van der Waals surface area contributed by atoms with Gasteiger partial charge in [-0.15, -0.1) is 0 Å². The maximum Gasteiger partial charge on any atom is 0.273 e. The van der Waals surface area contributed by atoms with Crippen LogP contribution in [0.2, 0.25) is 0 Å². The first-order valence-electron chi connectivity index (χ1n) is 7.97. The molecule has 8 heteroatoms. The van der Waals surface area contributed by atoms with Gasteiger partial charge in [-0.2, -0.15) is 5.26 Å². The summed E-state index contributed by atoms with van der Waals surface area (Å²) in [4.78, 5) is 23.9. The van der Waals surface area contributed by atoms with Gasteiger partial charge in [-0.3, -0.25) is 20.4 Å². The summed E-state index contributed by atoms with van der Waals surface area (Å²) >= 11 is 0. The van der Waals surface area contributed by atoms with E-state index in [-0.39, 0.29) is 6.61 Å². The molecule has 0 fully saturated rings. The Bertz CT molecular complexity index is 909. The minimum Gasteiger partial charge on any atom is -0.493 e. The van der Waals surface area contributed by atoms with Crippen LogP contribution in [0.15, 0.2) is 34.8 Å². The van der Waals surface area contributed by atoms with E-state index in [0.717, 1.165) is 0 Å². The Kier molecular flexibility index (Phi) is 6.61. The van der Waals surface area contributed by atoms with Gasteiger partial charge >= 0.3 is 0 Å². The number of ether oxygens (including phenoxy) is 2. The molecule has 0 spiro atoms. The summed E-state index contributed by atoms with van der Waals surface area (Å²) in [6.45, 7) is 3.31. The Hall–Kier alpha value is -3.73. The number of rotatable bonds is 6. The molecule has 0 saturated heterocycles. The van der Waals surface area contributed by atoms with Crippen molar-refractivity contribution in [1.29, 1.82) is 5.26 Å². The Balaban J connectivity index is 1.95. The molecule has 1 aromatic heterocycles. The maximum atomic E-state index is 12.0. The number of carbonyl (C=O) groups excluding carboxylic acids is 2. The van der Waals surface area contributed by atoms with Crippen molar-refractivity contribution in [3.8, 4) is 17.6 Å². The van der Waals surface area contributed by atoms with Crippen LogP contribution >= 0.6 is 0 Å². The topological polar surface area (TPSA) is 114 Å². The third kappa shape index (κ3) is 5.37. The van der Waals surface area contributed by atoms with Crippen molar-refractivity contribution in [3.05, 3.63) is 53.0 Å². The summed E-state index contributed by atoms with van der Waals surface area (Å²) < 4.78 is 15.7. The van der Waals surface area contributed by atoms with E-state index in [2.05, 4.69) is 10.9 Å². The number of furan rings is 1. The Morgan fingerprint density at radius 3 is 2.63 bits per heavy atom. The van der Waals surface area contributed by atoms with Gasteiger partial charge in [0.15, 0.2) is 18.1 Å². The van der Waals surface area contributed by atoms with Gasteiger partial charge in [0.25, 0.3) is 11.8 Å². The molecular formula is C19H19N3O5. The quantitative estimate of drug-likeness (QED) is 0.596. The molecule has 27 heavy (non-hydrogen) atoms. The van der Waals surface area contributed by atoms with E-state index >= 15 is 0 Å². The fourth-order valence-electron chi connectivity index (χ4n) is 2.27. The highest BCUT2D eigenvalue weighted by Crippen LogP contribution is 2.28. The zero-order valence-electron chi connectivity index (χ0n) is 15.2. The number of methoxy groups -OCH3 is 1. The Morgan fingerprint density at radius 2 is 2.00 bits per heavy atom. The molecule has 8 nitrogen and oxygen atoms in total. The lowest BCUT2D eigenvalue weighted by molar-refractivity contribution is -0.117. The molecule has 2 rings (SSSR count). The van der Waals surface area contributed by atoms with Crippen LogP contribution in [0.4, 0.5) is 0 Å². The summed E-state index contributed by atoms with van der Waals surface area (Å²) in [5.41, 5.74) is 5.65. The third-order valence-electron chi connectivity index (χ3n) is 3.49. The van der Waals surface area contributed by atoms with Crippen LogP contribution < -0.4 is 20.3 Å². The van der Waals surface area contributed by atoms with Gasteiger partial charge in [0, 0.05) is 6.08 Å². The van der Waals surface area contributed by atoms with Gasteiger partial charge in [0.05, 0.1) is 12.7 Å². The minimum absolute atomic E-state index is 0.0939. The van der Waals surface area contributed by atoms with Crippen LogP contribution in [0.3, 0.4) is 0 Å². The second-order valence-electron chi connectivity index (χ2n) is 5.46. The van der Waals surface area contributed by atoms with Crippen LogP contribution in [-0.4, -0.2) is 25.5 Å². The maximum absolute atomic E-state index is 12.0. The van der Waals surface area contributed by atoms with Gasteiger partial charge < -0.3 is 13.9 Å². The van der Waals surface area contributed by atoms with Crippen molar-refractivity contribution >= 4 is 17.9 Å². The largest absolute Gasteiger partial charge is 0.493 e. The van der Waals surface area contributed by atoms with E-state index in [4.69, 9.17) is 19.2 Å². The minimum atomic E-state index is -0.509. The van der Waals surface area contributed by atoms with E-state index in [1.165, 1.54) is 13.2 Å². The predicted octanol–water partition coefficient (Wildman–Crippen LogP) is 2.28. The van der Waals surface area contributed by atoms with Crippen LogP contribution in [0.25, 0.3) is 6.08 Å². The first-order chi connectivity index (χ1) is 12.9. The third-order valence-corrected chi connectivity index (χ3v) is 3.49. The van der Waals surface area contributed by atoms with Crippen molar-refractivity contribution in [2.45, 2.75) is 13.8 Å². The number of hydrogen-bond acceptors (Lipinski definition) is 6. The van der Waals surface area contributed by atoms with Crippen molar-refractivity contribution in [3.63, 3.8) is 0 Å². The number of nitrogens with one attached hydrogen (secondary N) is 2. The average Bonchev–Trinajstić information content (AvgIpc) is 3.01. The molecule has 0 bridgehead atoms. The van der Waals surface area contributed by atoms with E-state index in [9.17, 15) is 9.59 Å². The highest BCUT2D eigenvalue weighted by molar-refractivity contribution is 5.98. The zero-order valence-corrected chi connectivity index (χ0v) is 15.2. The summed E-state index contributed by atoms with van der Waals surface area (Å²) in [5.74, 6) is 0.975. The van der Waals surface area contributed by atoms with Crippen molar-refractivity contribution in [1.82, 2.24) is 10.9 Å². The van der Waals surface area contributed by atoms with Crippen LogP contribution in [0, 0.1) is 25.2 Å². The lowest BCUT2D eigenvalue weighted by Gasteiger charge is -2.08. The zero-order chi connectivity index (χ0) is 19.8. The van der Waals surface area contributed by atoms with Crippen LogP contribution in [-0.2, 0) is 4.79 Å². The number of benzene rings is 1. The normalized spacial score (nSPS) is 10.3. The van der Waals surface area contributed by atoms with Gasteiger partial charge in [-0.05, 0) is 43.7 Å². The van der Waals surface area contributed by atoms with E-state index < -0.39 is 11.8 Å². The Morgan fingerprint density at radius 1 is 1.22 bits per heavy atom. The molecule has 140 valence electrons. The van der Waals surface area contributed by atoms with Gasteiger partial charge in [0.1, 0.15) is 17.6 Å². The SMILES string of the molecule is COc1cc(/C=C/C(=O)NNC(=O)c2cc(C)oc2C)ccc1OCC#N. The molecule has 0 aliphatic heterocycles. The molecule has 0 radical (unpaired) electrons. The Labute approximate surface area is 156 Å². The molecule has 0 aliphatic rings. The fraction of sp³-hybridized carbons (Fsp3) is 0.211.